The Labute approximate surface area is 176 Å². The van der Waals surface area contributed by atoms with Crippen LogP contribution in [0.5, 0.6) is 0 Å². The number of aliphatic imine (C=N–C) groups is 1. The molecule has 0 aromatic heterocycles. The molecule has 0 unspecified atom stereocenters. The van der Waals surface area contributed by atoms with Crippen molar-refractivity contribution in [3.05, 3.63) is 34.8 Å². The molecule has 0 aromatic rings. The third-order valence-electron chi connectivity index (χ3n) is 4.98. The zero-order valence-corrected chi connectivity index (χ0v) is 18.3. The molecule has 0 fully saturated rings. The number of nitrogens with zero attached hydrogens (tertiary/aromatic N) is 2. The number of ether oxygens (including phenoxy) is 4. The summed E-state index contributed by atoms with van der Waals surface area (Å²) in [6.07, 6.45) is 3.68. The molecular weight excluding hydrogens is 388 g/mol. The van der Waals surface area contributed by atoms with Gasteiger partial charge in [-0.2, -0.15) is 5.26 Å². The van der Waals surface area contributed by atoms with E-state index in [1.807, 2.05) is 19.9 Å². The van der Waals surface area contributed by atoms with Gasteiger partial charge in [-0.1, -0.05) is 0 Å². The summed E-state index contributed by atoms with van der Waals surface area (Å²) < 4.78 is 21.5. The standard InChI is InChI=1S/C22H28N2O6/c1-7-29-19(25)11-16-22(13-21(3,4)24-16)17(27-5)9-14(10-18(22)28-6)15(12-23)20(26)30-8-2/h9-10H,7-8,11,13H2,1-6H3. The summed E-state index contributed by atoms with van der Waals surface area (Å²) in [5.41, 5.74) is -0.705. The summed E-state index contributed by atoms with van der Waals surface area (Å²) in [6, 6.07) is 1.90. The molecule has 8 heteroatoms. The molecule has 0 bridgehead atoms. The third kappa shape index (κ3) is 4.25. The second-order valence-corrected chi connectivity index (χ2v) is 7.52. The van der Waals surface area contributed by atoms with Gasteiger partial charge in [-0.25, -0.2) is 4.79 Å². The Morgan fingerprint density at radius 1 is 1.10 bits per heavy atom. The molecule has 1 aliphatic heterocycles. The van der Waals surface area contributed by atoms with Crippen molar-refractivity contribution in [3.8, 4) is 6.07 Å². The maximum Gasteiger partial charge on any atom is 0.349 e. The van der Waals surface area contributed by atoms with Gasteiger partial charge in [-0.15, -0.1) is 0 Å². The fourth-order valence-corrected chi connectivity index (χ4v) is 3.98. The first-order valence-electron chi connectivity index (χ1n) is 9.77. The van der Waals surface area contributed by atoms with Gasteiger partial charge < -0.3 is 18.9 Å². The molecule has 0 N–H and O–H groups in total. The molecule has 1 spiro atoms. The highest BCUT2D eigenvalue weighted by atomic mass is 16.5. The summed E-state index contributed by atoms with van der Waals surface area (Å²) in [5, 5.41) is 9.53. The van der Waals surface area contributed by atoms with Crippen LogP contribution in [0.25, 0.3) is 0 Å². The lowest BCUT2D eigenvalue weighted by Gasteiger charge is -2.37. The van der Waals surface area contributed by atoms with Crippen LogP contribution in [0.1, 0.15) is 40.5 Å². The molecule has 8 nitrogen and oxygen atoms in total. The van der Waals surface area contributed by atoms with Gasteiger partial charge in [0.1, 0.15) is 28.6 Å². The van der Waals surface area contributed by atoms with Crippen LogP contribution < -0.4 is 0 Å². The van der Waals surface area contributed by atoms with Gasteiger partial charge >= 0.3 is 11.9 Å². The average Bonchev–Trinajstić information content (AvgIpc) is 2.94. The van der Waals surface area contributed by atoms with E-state index in [1.54, 1.807) is 26.0 Å². The molecule has 0 saturated heterocycles. The monoisotopic (exact) mass is 416 g/mol. The highest BCUT2D eigenvalue weighted by molar-refractivity contribution is 6.07. The highest BCUT2D eigenvalue weighted by Gasteiger charge is 2.55. The average molecular weight is 416 g/mol. The van der Waals surface area contributed by atoms with Crippen LogP contribution in [0.15, 0.2) is 39.8 Å². The zero-order valence-electron chi connectivity index (χ0n) is 18.3. The topological polar surface area (TPSA) is 107 Å². The number of methoxy groups -OCH3 is 2. The smallest absolute Gasteiger partial charge is 0.349 e. The van der Waals surface area contributed by atoms with Gasteiger partial charge in [0.05, 0.1) is 39.4 Å². The van der Waals surface area contributed by atoms with Crippen molar-refractivity contribution < 1.29 is 28.5 Å². The van der Waals surface area contributed by atoms with Crippen molar-refractivity contribution in [1.29, 1.82) is 5.26 Å². The summed E-state index contributed by atoms with van der Waals surface area (Å²) >= 11 is 0. The van der Waals surface area contributed by atoms with E-state index in [1.165, 1.54) is 14.2 Å². The van der Waals surface area contributed by atoms with E-state index in [0.29, 0.717) is 29.2 Å². The lowest BCUT2D eigenvalue weighted by atomic mass is 9.70. The summed E-state index contributed by atoms with van der Waals surface area (Å²) in [4.78, 5) is 29.3. The fraction of sp³-hybridized carbons (Fsp3) is 0.545. The van der Waals surface area contributed by atoms with E-state index in [0.717, 1.165) is 0 Å². The lowest BCUT2D eigenvalue weighted by Crippen LogP contribution is -2.38. The number of nitriles is 1. The Balaban J connectivity index is 2.67. The number of esters is 2. The Bertz CT molecular complexity index is 862. The van der Waals surface area contributed by atoms with E-state index < -0.39 is 22.9 Å². The Hall–Kier alpha value is -3.08. The number of hydrogen-bond donors (Lipinski definition) is 0. The molecule has 1 heterocycles. The maximum absolute atomic E-state index is 12.3. The van der Waals surface area contributed by atoms with Gasteiger partial charge in [0.15, 0.2) is 0 Å². The molecule has 1 aliphatic carbocycles. The molecule has 0 saturated carbocycles. The Morgan fingerprint density at radius 3 is 2.13 bits per heavy atom. The Kier molecular flexibility index (Phi) is 7.08. The zero-order chi connectivity index (χ0) is 22.5. The maximum atomic E-state index is 12.3. The van der Waals surface area contributed by atoms with Gasteiger partial charge in [0.2, 0.25) is 0 Å². The first-order valence-corrected chi connectivity index (χ1v) is 9.77. The molecule has 0 atom stereocenters. The molecule has 0 radical (unpaired) electrons. The molecule has 0 aromatic carbocycles. The second-order valence-electron chi connectivity index (χ2n) is 7.52. The lowest BCUT2D eigenvalue weighted by molar-refractivity contribution is -0.141. The predicted molar refractivity (Wildman–Crippen MR) is 109 cm³/mol. The molecule has 30 heavy (non-hydrogen) atoms. The number of hydrogen-bond acceptors (Lipinski definition) is 8. The number of allylic oxidation sites excluding steroid dienone is 3. The number of rotatable bonds is 7. The summed E-state index contributed by atoms with van der Waals surface area (Å²) in [5.74, 6) is -0.258. The van der Waals surface area contributed by atoms with Crippen molar-refractivity contribution in [2.45, 2.75) is 46.1 Å². The fourth-order valence-electron chi connectivity index (χ4n) is 3.98. The van der Waals surface area contributed by atoms with E-state index in [-0.39, 0.29) is 25.2 Å². The summed E-state index contributed by atoms with van der Waals surface area (Å²) in [7, 11) is 2.99. The largest absolute Gasteiger partial charge is 0.500 e. The normalized spacial score (nSPS) is 21.8. The first kappa shape index (κ1) is 23.2. The van der Waals surface area contributed by atoms with Crippen molar-refractivity contribution in [2.75, 3.05) is 27.4 Å². The SMILES string of the molecule is CCOC(=O)CC1=NC(C)(C)CC12C(OC)=CC(=C(C#N)C(=O)OCC)C=C2OC. The van der Waals surface area contributed by atoms with Crippen LogP contribution in [-0.2, 0) is 28.5 Å². The summed E-state index contributed by atoms with van der Waals surface area (Å²) in [6.45, 7) is 7.73. The van der Waals surface area contributed by atoms with E-state index in [4.69, 9.17) is 23.9 Å². The van der Waals surface area contributed by atoms with Crippen LogP contribution >= 0.6 is 0 Å². The quantitative estimate of drug-likeness (QED) is 0.357. The minimum absolute atomic E-state index is 0.0271. The van der Waals surface area contributed by atoms with Crippen LogP contribution in [0.2, 0.25) is 0 Å². The molecular formula is C22H28N2O6. The van der Waals surface area contributed by atoms with Gasteiger partial charge in [-0.3, -0.25) is 9.79 Å². The highest BCUT2D eigenvalue weighted by Crippen LogP contribution is 2.53. The second kappa shape index (κ2) is 9.16. The van der Waals surface area contributed by atoms with Gasteiger partial charge in [0.25, 0.3) is 0 Å². The first-order chi connectivity index (χ1) is 14.2. The van der Waals surface area contributed by atoms with E-state index in [9.17, 15) is 14.9 Å². The molecule has 0 amide bonds. The van der Waals surface area contributed by atoms with Gasteiger partial charge in [-0.05, 0) is 46.3 Å². The molecule has 2 aliphatic rings. The van der Waals surface area contributed by atoms with Crippen molar-refractivity contribution in [2.24, 2.45) is 10.4 Å². The van der Waals surface area contributed by atoms with Crippen LogP contribution in [0.4, 0.5) is 0 Å². The van der Waals surface area contributed by atoms with Crippen molar-refractivity contribution >= 4 is 17.7 Å². The van der Waals surface area contributed by atoms with Crippen molar-refractivity contribution in [1.82, 2.24) is 0 Å². The minimum Gasteiger partial charge on any atom is -0.500 e. The van der Waals surface area contributed by atoms with E-state index in [2.05, 4.69) is 0 Å². The van der Waals surface area contributed by atoms with Crippen molar-refractivity contribution in [3.63, 3.8) is 0 Å². The van der Waals surface area contributed by atoms with Gasteiger partial charge in [0, 0.05) is 11.3 Å². The van der Waals surface area contributed by atoms with Crippen LogP contribution in [0.3, 0.4) is 0 Å². The van der Waals surface area contributed by atoms with E-state index >= 15 is 0 Å². The van der Waals surface area contributed by atoms with Crippen LogP contribution in [-0.4, -0.2) is 50.6 Å². The third-order valence-corrected chi connectivity index (χ3v) is 4.98. The molecule has 162 valence electrons. The number of carbonyl (C=O) groups is 2. The molecule has 2 rings (SSSR count). The predicted octanol–water partition coefficient (Wildman–Crippen LogP) is 3.01. The van der Waals surface area contributed by atoms with Crippen LogP contribution in [0, 0.1) is 16.7 Å². The Morgan fingerprint density at radius 2 is 1.67 bits per heavy atom. The number of carbonyl (C=O) groups excluding carboxylic acids is 2. The minimum atomic E-state index is -0.932.